The predicted octanol–water partition coefficient (Wildman–Crippen LogP) is 8.38. The lowest BCUT2D eigenvalue weighted by atomic mass is 9.71. The maximum atomic E-state index is 12.5. The Morgan fingerprint density at radius 3 is 2.00 bits per heavy atom. The maximum absolute atomic E-state index is 12.5. The number of hydroxylamine groups is 2. The van der Waals surface area contributed by atoms with E-state index in [1.54, 1.807) is 50.6 Å². The minimum absolute atomic E-state index is 0.0195. The highest BCUT2D eigenvalue weighted by molar-refractivity contribution is 7.86. The zero-order valence-corrected chi connectivity index (χ0v) is 46.5. The SMILES string of the molecule is COCC[N+]1=C(C=CC=CC=CC=C(C)C(C)(CCOC)c2cc(S(=O)(=O)O)ccc2CCCC(C)(C)CCOC(C)(C)CCC(=O)ON2C(=O)CCC2=O)C(C)(CCCS(=O)(=O)O)c2cc(S(=O)(=O)O)ccc21. The standard InChI is InChI=1S/C53H74N2O16S3/c1-39(17-13-11-10-12-14-19-46-53(7,28-16-36-72(59,60)61)44-38-42(74(65,66)67)22-23-45(44)54(46)32-35-69-9)52(6,31-33-68-8)43-37-41(73(62,63)64)21-20-40(43)18-15-27-50(2,3)30-34-70-51(4,5)29-26-49(58)71-55-47(56)24-25-48(55)57/h10-14,17,19-23,37-38H,15-16,18,24-36H2,1-9H3,(H2-,59,60,61,62,63,64,65,66,67)/p+1. The Morgan fingerprint density at radius 1 is 0.770 bits per heavy atom. The number of nitrogens with zero attached hydrogens (tertiary/aromatic N) is 2. The van der Waals surface area contributed by atoms with Crippen LogP contribution in [0, 0.1) is 5.41 Å². The van der Waals surface area contributed by atoms with E-state index in [-0.39, 0.29) is 47.3 Å². The van der Waals surface area contributed by atoms with Crippen LogP contribution in [0.4, 0.5) is 5.69 Å². The van der Waals surface area contributed by atoms with Crippen LogP contribution in [0.25, 0.3) is 0 Å². The fourth-order valence-corrected chi connectivity index (χ4v) is 10.8. The van der Waals surface area contributed by atoms with Gasteiger partial charge in [0, 0.05) is 63.4 Å². The summed E-state index contributed by atoms with van der Waals surface area (Å²) >= 11 is 0. The molecular weight excluding hydrogens is 1020 g/mol. The number of hydrogen-bond donors (Lipinski definition) is 3. The molecule has 2 aromatic rings. The first kappa shape index (κ1) is 61.8. The number of amides is 2. The molecule has 74 heavy (non-hydrogen) atoms. The molecule has 0 aromatic heterocycles. The highest BCUT2D eigenvalue weighted by Gasteiger charge is 2.48. The van der Waals surface area contributed by atoms with Crippen molar-refractivity contribution in [1.82, 2.24) is 5.06 Å². The molecule has 2 atom stereocenters. The Bertz CT molecular complexity index is 2850. The number of allylic oxidation sites excluding steroid dienone is 8. The van der Waals surface area contributed by atoms with Crippen molar-refractivity contribution in [2.24, 2.45) is 5.41 Å². The Morgan fingerprint density at radius 2 is 1.38 bits per heavy atom. The zero-order valence-electron chi connectivity index (χ0n) is 44.1. The summed E-state index contributed by atoms with van der Waals surface area (Å²) in [5.41, 5.74) is 1.99. The smallest absolute Gasteiger partial charge is 0.333 e. The molecule has 0 spiro atoms. The first-order valence-corrected chi connectivity index (χ1v) is 29.1. The zero-order chi connectivity index (χ0) is 55.3. The molecule has 0 bridgehead atoms. The Balaban J connectivity index is 1.52. The van der Waals surface area contributed by atoms with Crippen LogP contribution in [0.1, 0.15) is 129 Å². The van der Waals surface area contributed by atoms with Crippen LogP contribution < -0.4 is 0 Å². The third-order valence-corrected chi connectivity index (χ3v) is 16.5. The van der Waals surface area contributed by atoms with Gasteiger partial charge >= 0.3 is 5.97 Å². The average Bonchev–Trinajstić information content (AvgIpc) is 3.74. The molecular formula is C53H75N2O16S3+. The summed E-state index contributed by atoms with van der Waals surface area (Å²) in [7, 11) is -10.2. The molecule has 1 fully saturated rings. The van der Waals surface area contributed by atoms with Crippen molar-refractivity contribution in [1.29, 1.82) is 0 Å². The second kappa shape index (κ2) is 25.9. The lowest BCUT2D eigenvalue weighted by Crippen LogP contribution is -2.33. The summed E-state index contributed by atoms with van der Waals surface area (Å²) in [5.74, 6) is -2.25. The molecule has 0 aliphatic carbocycles. The number of aryl methyl sites for hydroxylation is 1. The van der Waals surface area contributed by atoms with E-state index in [4.69, 9.17) is 19.0 Å². The highest BCUT2D eigenvalue weighted by Crippen LogP contribution is 2.45. The van der Waals surface area contributed by atoms with E-state index >= 15 is 0 Å². The van der Waals surface area contributed by atoms with Crippen molar-refractivity contribution in [3.63, 3.8) is 0 Å². The van der Waals surface area contributed by atoms with Crippen LogP contribution in [0.15, 0.2) is 94.3 Å². The third-order valence-electron chi connectivity index (χ3n) is 14.0. The van der Waals surface area contributed by atoms with Gasteiger partial charge in [0.25, 0.3) is 42.2 Å². The molecule has 3 N–H and O–H groups in total. The van der Waals surface area contributed by atoms with Gasteiger partial charge in [-0.2, -0.15) is 29.8 Å². The van der Waals surface area contributed by atoms with E-state index in [0.717, 1.165) is 35.3 Å². The summed E-state index contributed by atoms with van der Waals surface area (Å²) in [6, 6.07) is 9.00. The van der Waals surface area contributed by atoms with E-state index in [0.29, 0.717) is 68.4 Å². The molecule has 2 amide bonds. The average molecular weight is 1090 g/mol. The first-order valence-electron chi connectivity index (χ1n) is 24.6. The van der Waals surface area contributed by atoms with E-state index < -0.39 is 70.3 Å². The molecule has 2 aromatic carbocycles. The van der Waals surface area contributed by atoms with Crippen LogP contribution >= 0.6 is 0 Å². The van der Waals surface area contributed by atoms with E-state index in [2.05, 4.69) is 13.8 Å². The topological polar surface area (TPSA) is 257 Å². The van der Waals surface area contributed by atoms with Crippen molar-refractivity contribution in [2.45, 2.75) is 145 Å². The van der Waals surface area contributed by atoms with Gasteiger partial charge in [-0.1, -0.05) is 68.9 Å². The molecule has 21 heteroatoms. The summed E-state index contributed by atoms with van der Waals surface area (Å²) in [6.07, 6.45) is 16.8. The van der Waals surface area contributed by atoms with Gasteiger partial charge in [-0.05, 0) is 120 Å². The Labute approximate surface area is 437 Å². The number of fused-ring (bicyclic) bond motifs is 1. The molecule has 1 saturated heterocycles. The van der Waals surface area contributed by atoms with Crippen molar-refractivity contribution < 1.29 is 76.9 Å². The summed E-state index contributed by atoms with van der Waals surface area (Å²) in [5, 5.41) is 0.540. The van der Waals surface area contributed by atoms with Gasteiger partial charge in [-0.15, -0.1) is 5.06 Å². The van der Waals surface area contributed by atoms with Gasteiger partial charge < -0.3 is 19.0 Å². The lowest BCUT2D eigenvalue weighted by Gasteiger charge is -2.34. The number of carbonyl (C=O) groups excluding carboxylic acids is 3. The van der Waals surface area contributed by atoms with E-state index in [1.165, 1.54) is 18.2 Å². The number of ether oxygens (including phenoxy) is 3. The largest absolute Gasteiger partial charge is 0.385 e. The molecule has 2 aliphatic rings. The fraction of sp³-hybridized carbons (Fsp3) is 0.547. The summed E-state index contributed by atoms with van der Waals surface area (Å²) in [6.45, 7) is 15.3. The van der Waals surface area contributed by atoms with Crippen molar-refractivity contribution in [3.8, 4) is 0 Å². The highest BCUT2D eigenvalue weighted by atomic mass is 32.2. The monoisotopic (exact) mass is 1090 g/mol. The number of carbonyl (C=O) groups is 3. The van der Waals surface area contributed by atoms with Gasteiger partial charge in [-0.25, -0.2) is 4.79 Å². The quantitative estimate of drug-likeness (QED) is 0.0287. The van der Waals surface area contributed by atoms with Crippen molar-refractivity contribution >= 4 is 59.5 Å². The number of imide groups is 1. The molecule has 4 rings (SSSR count). The minimum Gasteiger partial charge on any atom is -0.385 e. The van der Waals surface area contributed by atoms with Gasteiger partial charge in [0.05, 0.1) is 33.0 Å². The van der Waals surface area contributed by atoms with Crippen LogP contribution in [-0.2, 0) is 81.0 Å². The fourth-order valence-electron chi connectivity index (χ4n) is 9.27. The molecule has 18 nitrogen and oxygen atoms in total. The summed E-state index contributed by atoms with van der Waals surface area (Å²) in [4.78, 5) is 40.5. The molecule has 2 aliphatic heterocycles. The molecule has 2 unspecified atom stereocenters. The van der Waals surface area contributed by atoms with E-state index in [9.17, 15) is 53.3 Å². The second-order valence-electron chi connectivity index (χ2n) is 20.7. The molecule has 410 valence electrons. The second-order valence-corrected chi connectivity index (χ2v) is 25.1. The maximum Gasteiger partial charge on any atom is 0.333 e. The molecule has 0 saturated carbocycles. The van der Waals surface area contributed by atoms with Crippen LogP contribution in [0.2, 0.25) is 0 Å². The third kappa shape index (κ3) is 17.4. The van der Waals surface area contributed by atoms with Crippen LogP contribution in [0.3, 0.4) is 0 Å². The van der Waals surface area contributed by atoms with Gasteiger partial charge in [-0.3, -0.25) is 23.2 Å². The number of methoxy groups -OCH3 is 2. The van der Waals surface area contributed by atoms with Crippen LogP contribution in [-0.4, -0.2) is 124 Å². The first-order chi connectivity index (χ1) is 34.4. The predicted molar refractivity (Wildman–Crippen MR) is 280 cm³/mol. The van der Waals surface area contributed by atoms with Crippen molar-refractivity contribution in [3.05, 3.63) is 101 Å². The Hall–Kier alpha value is -4.71. The normalized spacial score (nSPS) is 18.2. The minimum atomic E-state index is -4.56. The molecule has 0 radical (unpaired) electrons. The Kier molecular flexibility index (Phi) is 21.6. The lowest BCUT2D eigenvalue weighted by molar-refractivity contribution is -0.441. The number of hydrogen-bond acceptors (Lipinski definition) is 13. The van der Waals surface area contributed by atoms with Crippen molar-refractivity contribution in [2.75, 3.05) is 46.3 Å². The van der Waals surface area contributed by atoms with Gasteiger partial charge in [0.2, 0.25) is 5.69 Å². The van der Waals surface area contributed by atoms with Crippen LogP contribution in [0.5, 0.6) is 0 Å². The van der Waals surface area contributed by atoms with Gasteiger partial charge in [0.15, 0.2) is 12.3 Å². The summed E-state index contributed by atoms with van der Waals surface area (Å²) < 4.78 is 121. The van der Waals surface area contributed by atoms with E-state index in [1.807, 2.05) is 63.5 Å². The number of rotatable bonds is 30. The molecule has 2 heterocycles. The number of benzene rings is 2. The van der Waals surface area contributed by atoms with Gasteiger partial charge in [0.1, 0.15) is 6.61 Å².